The Labute approximate surface area is 206 Å². The number of rotatable bonds is 6. The average molecular weight is 475 g/mol. The Morgan fingerprint density at radius 2 is 1.80 bits per heavy atom. The number of carbonyl (C=O) groups is 2. The summed E-state index contributed by atoms with van der Waals surface area (Å²) in [6.07, 6.45) is 6.66. The number of carbonyl (C=O) groups excluding carboxylic acids is 2. The summed E-state index contributed by atoms with van der Waals surface area (Å²) < 4.78 is 7.75. The van der Waals surface area contributed by atoms with Crippen LogP contribution in [0, 0.1) is 0 Å². The SMILES string of the molecule is CCOc1ccccc1CN1C(=O)c2nc3ccccc3n2CC1(C)C(=O)NC1CCCCCC1. The van der Waals surface area contributed by atoms with Crippen molar-refractivity contribution < 1.29 is 14.3 Å². The van der Waals surface area contributed by atoms with Crippen LogP contribution < -0.4 is 10.1 Å². The largest absolute Gasteiger partial charge is 0.494 e. The van der Waals surface area contributed by atoms with E-state index in [2.05, 4.69) is 10.3 Å². The molecular weight excluding hydrogens is 440 g/mol. The van der Waals surface area contributed by atoms with Crippen LogP contribution in [0.1, 0.15) is 68.6 Å². The number of nitrogens with one attached hydrogen (secondary N) is 1. The van der Waals surface area contributed by atoms with Gasteiger partial charge in [-0.1, -0.05) is 56.0 Å². The van der Waals surface area contributed by atoms with E-state index in [1.54, 1.807) is 4.90 Å². The average Bonchev–Trinajstić information content (AvgIpc) is 3.03. The maximum Gasteiger partial charge on any atom is 0.291 e. The fourth-order valence-electron chi connectivity index (χ4n) is 5.44. The van der Waals surface area contributed by atoms with Crippen LogP contribution >= 0.6 is 0 Å². The molecule has 3 aromatic rings. The summed E-state index contributed by atoms with van der Waals surface area (Å²) >= 11 is 0. The molecule has 2 aliphatic rings. The molecule has 35 heavy (non-hydrogen) atoms. The molecule has 7 heteroatoms. The Bertz CT molecular complexity index is 1230. The Balaban J connectivity index is 1.54. The van der Waals surface area contributed by atoms with Gasteiger partial charge in [0.15, 0.2) is 5.82 Å². The molecule has 7 nitrogen and oxygen atoms in total. The van der Waals surface area contributed by atoms with E-state index >= 15 is 0 Å². The lowest BCUT2D eigenvalue weighted by molar-refractivity contribution is -0.134. The predicted molar refractivity (Wildman–Crippen MR) is 135 cm³/mol. The van der Waals surface area contributed by atoms with Gasteiger partial charge in [-0.2, -0.15) is 0 Å². The van der Waals surface area contributed by atoms with Crippen LogP contribution in [0.3, 0.4) is 0 Å². The maximum atomic E-state index is 14.0. The fourth-order valence-corrected chi connectivity index (χ4v) is 5.44. The lowest BCUT2D eigenvalue weighted by Crippen LogP contribution is -2.64. The van der Waals surface area contributed by atoms with Crippen molar-refractivity contribution in [2.45, 2.75) is 77.0 Å². The van der Waals surface area contributed by atoms with Crippen molar-refractivity contribution in [2.75, 3.05) is 6.61 Å². The fraction of sp³-hybridized carbons (Fsp3) is 0.464. The van der Waals surface area contributed by atoms with E-state index in [0.29, 0.717) is 19.0 Å². The molecule has 1 unspecified atom stereocenters. The van der Waals surface area contributed by atoms with Crippen LogP contribution in [0.2, 0.25) is 0 Å². The first-order chi connectivity index (χ1) is 17.0. The van der Waals surface area contributed by atoms with Gasteiger partial charge < -0.3 is 19.5 Å². The Morgan fingerprint density at radius 1 is 1.09 bits per heavy atom. The minimum absolute atomic E-state index is 0.102. The van der Waals surface area contributed by atoms with Gasteiger partial charge in [-0.25, -0.2) is 4.98 Å². The van der Waals surface area contributed by atoms with E-state index < -0.39 is 5.54 Å². The summed E-state index contributed by atoms with van der Waals surface area (Å²) in [7, 11) is 0. The Kier molecular flexibility index (Phi) is 6.50. The number of hydrogen-bond donors (Lipinski definition) is 1. The second-order valence-corrected chi connectivity index (χ2v) is 9.88. The highest BCUT2D eigenvalue weighted by Crippen LogP contribution is 2.34. The van der Waals surface area contributed by atoms with Gasteiger partial charge in [0.1, 0.15) is 11.3 Å². The van der Waals surface area contributed by atoms with Crippen LogP contribution in [-0.4, -0.2) is 44.5 Å². The van der Waals surface area contributed by atoms with Crippen LogP contribution in [0.5, 0.6) is 5.75 Å². The molecule has 0 saturated heterocycles. The van der Waals surface area contributed by atoms with Crippen molar-refractivity contribution in [1.82, 2.24) is 19.8 Å². The third-order valence-electron chi connectivity index (χ3n) is 7.43. The number of aromatic nitrogens is 2. The number of ether oxygens (including phenoxy) is 1. The van der Waals surface area contributed by atoms with Crippen molar-refractivity contribution in [3.63, 3.8) is 0 Å². The molecular formula is C28H34N4O3. The van der Waals surface area contributed by atoms with Crippen molar-refractivity contribution in [3.8, 4) is 5.75 Å². The summed E-state index contributed by atoms with van der Waals surface area (Å²) in [5.74, 6) is 0.764. The van der Waals surface area contributed by atoms with Crippen LogP contribution in [0.25, 0.3) is 11.0 Å². The molecule has 184 valence electrons. The van der Waals surface area contributed by atoms with E-state index in [1.165, 1.54) is 12.8 Å². The van der Waals surface area contributed by atoms with Crippen LogP contribution in [-0.2, 0) is 17.9 Å². The summed E-state index contributed by atoms with van der Waals surface area (Å²) in [6.45, 7) is 4.98. The number of para-hydroxylation sites is 3. The van der Waals surface area contributed by atoms with Gasteiger partial charge in [0.2, 0.25) is 5.91 Å². The molecule has 1 saturated carbocycles. The lowest BCUT2D eigenvalue weighted by Gasteiger charge is -2.44. The van der Waals surface area contributed by atoms with Crippen molar-refractivity contribution in [2.24, 2.45) is 0 Å². The van der Waals surface area contributed by atoms with Crippen LogP contribution in [0.15, 0.2) is 48.5 Å². The molecule has 5 rings (SSSR count). The molecule has 1 aromatic heterocycles. The van der Waals surface area contributed by atoms with E-state index in [0.717, 1.165) is 48.0 Å². The monoisotopic (exact) mass is 474 g/mol. The number of nitrogens with zero attached hydrogens (tertiary/aromatic N) is 3. The zero-order valence-corrected chi connectivity index (χ0v) is 20.6. The smallest absolute Gasteiger partial charge is 0.291 e. The second-order valence-electron chi connectivity index (χ2n) is 9.88. The number of imidazole rings is 1. The molecule has 1 fully saturated rings. The quantitative estimate of drug-likeness (QED) is 0.526. The third-order valence-corrected chi connectivity index (χ3v) is 7.43. The second kappa shape index (κ2) is 9.72. The van der Waals surface area contributed by atoms with Gasteiger partial charge in [0.05, 0.1) is 30.7 Å². The molecule has 2 amide bonds. The minimum atomic E-state index is -1.07. The van der Waals surface area contributed by atoms with Gasteiger partial charge >= 0.3 is 0 Å². The van der Waals surface area contributed by atoms with Crippen LogP contribution in [0.4, 0.5) is 0 Å². The van der Waals surface area contributed by atoms with E-state index in [1.807, 2.05) is 66.9 Å². The van der Waals surface area contributed by atoms with E-state index in [4.69, 9.17) is 4.74 Å². The molecule has 1 aliphatic carbocycles. The normalized spacial score (nSPS) is 21.0. The first kappa shape index (κ1) is 23.4. The molecule has 0 radical (unpaired) electrons. The number of amides is 2. The number of fused-ring (bicyclic) bond motifs is 3. The number of benzene rings is 2. The van der Waals surface area contributed by atoms with Gasteiger partial charge in [-0.3, -0.25) is 9.59 Å². The van der Waals surface area contributed by atoms with Gasteiger partial charge in [0, 0.05) is 11.6 Å². The summed E-state index contributed by atoms with van der Waals surface area (Å²) in [4.78, 5) is 34.2. The maximum absolute atomic E-state index is 14.0. The topological polar surface area (TPSA) is 76.5 Å². The number of hydrogen-bond acceptors (Lipinski definition) is 4. The van der Waals surface area contributed by atoms with Gasteiger partial charge in [0.25, 0.3) is 5.91 Å². The minimum Gasteiger partial charge on any atom is -0.494 e. The van der Waals surface area contributed by atoms with Gasteiger partial charge in [-0.05, 0) is 44.9 Å². The summed E-state index contributed by atoms with van der Waals surface area (Å²) in [5, 5.41) is 3.32. The molecule has 1 N–H and O–H groups in total. The predicted octanol–water partition coefficient (Wildman–Crippen LogP) is 4.69. The standard InChI is InChI=1S/C28H34N4O3/c1-3-35-24-17-11-8-12-20(24)18-32-26(33)25-30-22-15-9-10-16-23(22)31(25)19-28(32,2)27(34)29-21-13-6-4-5-7-14-21/h8-12,15-17,21H,3-7,13-14,18-19H2,1-2H3,(H,29,34). The van der Waals surface area contributed by atoms with E-state index in [-0.39, 0.29) is 24.4 Å². The van der Waals surface area contributed by atoms with E-state index in [9.17, 15) is 9.59 Å². The van der Waals surface area contributed by atoms with Crippen molar-refractivity contribution >= 4 is 22.8 Å². The Hall–Kier alpha value is -3.35. The molecule has 0 bridgehead atoms. The first-order valence-corrected chi connectivity index (χ1v) is 12.8. The Morgan fingerprint density at radius 3 is 2.57 bits per heavy atom. The first-order valence-electron chi connectivity index (χ1n) is 12.8. The third kappa shape index (κ3) is 4.40. The molecule has 0 spiro atoms. The zero-order chi connectivity index (χ0) is 24.4. The highest BCUT2D eigenvalue weighted by Gasteiger charge is 2.49. The molecule has 1 atom stereocenters. The molecule has 2 aromatic carbocycles. The molecule has 2 heterocycles. The zero-order valence-electron chi connectivity index (χ0n) is 20.6. The van der Waals surface area contributed by atoms with Crippen molar-refractivity contribution in [1.29, 1.82) is 0 Å². The van der Waals surface area contributed by atoms with Crippen molar-refractivity contribution in [3.05, 3.63) is 59.9 Å². The lowest BCUT2D eigenvalue weighted by atomic mass is 9.93. The highest BCUT2D eigenvalue weighted by molar-refractivity contribution is 6.01. The summed E-state index contributed by atoms with van der Waals surface area (Å²) in [5.41, 5.74) is 1.44. The highest BCUT2D eigenvalue weighted by atomic mass is 16.5. The summed E-state index contributed by atoms with van der Waals surface area (Å²) in [6, 6.07) is 15.6. The van der Waals surface area contributed by atoms with Gasteiger partial charge in [-0.15, -0.1) is 0 Å². The molecule has 1 aliphatic heterocycles.